The van der Waals surface area contributed by atoms with Crippen LogP contribution in [0.25, 0.3) is 4.96 Å². The third-order valence-electron chi connectivity index (χ3n) is 4.50. The molecular formula is C19H29N5O2S. The van der Waals surface area contributed by atoms with E-state index in [2.05, 4.69) is 20.9 Å². The van der Waals surface area contributed by atoms with Gasteiger partial charge >= 0.3 is 6.09 Å². The zero-order valence-corrected chi connectivity index (χ0v) is 17.4. The number of nitrogens with two attached hydrogens (primary N) is 1. The fourth-order valence-corrected chi connectivity index (χ4v) is 3.93. The maximum absolute atomic E-state index is 12.2. The zero-order chi connectivity index (χ0) is 19.6. The highest BCUT2D eigenvalue weighted by Crippen LogP contribution is 2.20. The van der Waals surface area contributed by atoms with Crippen LogP contribution in [0, 0.1) is 0 Å². The molecule has 1 aliphatic heterocycles. The van der Waals surface area contributed by atoms with E-state index < -0.39 is 5.60 Å². The molecule has 27 heavy (non-hydrogen) atoms. The Bertz CT molecular complexity index is 825. The van der Waals surface area contributed by atoms with Gasteiger partial charge in [-0.3, -0.25) is 9.30 Å². The van der Waals surface area contributed by atoms with E-state index in [-0.39, 0.29) is 6.09 Å². The molecule has 1 fully saturated rings. The maximum Gasteiger partial charge on any atom is 0.410 e. The number of thiazole rings is 1. The van der Waals surface area contributed by atoms with Gasteiger partial charge in [-0.15, -0.1) is 11.3 Å². The minimum absolute atomic E-state index is 0.226. The van der Waals surface area contributed by atoms with E-state index in [4.69, 9.17) is 15.5 Å². The summed E-state index contributed by atoms with van der Waals surface area (Å²) in [6.45, 7) is 11.4. The Labute approximate surface area is 164 Å². The largest absolute Gasteiger partial charge is 0.444 e. The quantitative estimate of drug-likeness (QED) is 0.867. The normalized spacial score (nSPS) is 16.9. The molecule has 7 nitrogen and oxygen atoms in total. The van der Waals surface area contributed by atoms with Crippen LogP contribution in [0.1, 0.15) is 39.1 Å². The highest BCUT2D eigenvalue weighted by molar-refractivity contribution is 7.15. The van der Waals surface area contributed by atoms with Gasteiger partial charge in [0.15, 0.2) is 4.96 Å². The van der Waals surface area contributed by atoms with Gasteiger partial charge in [0.05, 0.1) is 5.69 Å². The third kappa shape index (κ3) is 5.01. The van der Waals surface area contributed by atoms with Gasteiger partial charge in [-0.05, 0) is 27.7 Å². The number of carbonyl (C=O) groups excluding carboxylic acids is 1. The number of aromatic nitrogens is 2. The Morgan fingerprint density at radius 3 is 2.67 bits per heavy atom. The molecule has 0 radical (unpaired) electrons. The monoisotopic (exact) mass is 391 g/mol. The number of amides is 1. The third-order valence-corrected chi connectivity index (χ3v) is 5.39. The van der Waals surface area contributed by atoms with E-state index in [0.717, 1.165) is 42.4 Å². The Kier molecular flexibility index (Phi) is 5.76. The lowest BCUT2D eigenvalue weighted by atomic mass is 10.2. The van der Waals surface area contributed by atoms with Crippen molar-refractivity contribution in [2.24, 2.45) is 5.73 Å². The lowest BCUT2D eigenvalue weighted by Crippen LogP contribution is -2.49. The molecule has 0 unspecified atom stereocenters. The van der Waals surface area contributed by atoms with Crippen molar-refractivity contribution < 1.29 is 9.53 Å². The van der Waals surface area contributed by atoms with Gasteiger partial charge in [0, 0.05) is 62.1 Å². The van der Waals surface area contributed by atoms with Crippen molar-refractivity contribution in [2.75, 3.05) is 26.2 Å². The Morgan fingerprint density at radius 1 is 1.33 bits per heavy atom. The van der Waals surface area contributed by atoms with Gasteiger partial charge < -0.3 is 15.4 Å². The van der Waals surface area contributed by atoms with E-state index >= 15 is 0 Å². The highest BCUT2D eigenvalue weighted by Gasteiger charge is 2.26. The predicted molar refractivity (Wildman–Crippen MR) is 108 cm³/mol. The molecule has 0 aliphatic carbocycles. The van der Waals surface area contributed by atoms with Crippen molar-refractivity contribution in [1.29, 1.82) is 0 Å². The second kappa shape index (κ2) is 7.90. The minimum atomic E-state index is -0.454. The topological polar surface area (TPSA) is 76.1 Å². The first-order valence-electron chi connectivity index (χ1n) is 9.30. The summed E-state index contributed by atoms with van der Waals surface area (Å²) in [5.74, 6) is 0. The average molecular weight is 392 g/mol. The van der Waals surface area contributed by atoms with Gasteiger partial charge in [0.1, 0.15) is 5.60 Å². The van der Waals surface area contributed by atoms with E-state index in [1.165, 1.54) is 5.69 Å². The molecular weight excluding hydrogens is 362 g/mol. The number of ether oxygens (including phenoxy) is 1. The molecule has 1 aliphatic rings. The minimum Gasteiger partial charge on any atom is -0.444 e. The number of fused-ring (bicyclic) bond motifs is 1. The first-order valence-corrected chi connectivity index (χ1v) is 10.2. The number of nitrogens with zero attached hydrogens (tertiary/aromatic N) is 4. The summed E-state index contributed by atoms with van der Waals surface area (Å²) in [5.41, 5.74) is 8.59. The summed E-state index contributed by atoms with van der Waals surface area (Å²) >= 11 is 1.64. The molecule has 2 aromatic rings. The van der Waals surface area contributed by atoms with E-state index in [1.54, 1.807) is 16.2 Å². The summed E-state index contributed by atoms with van der Waals surface area (Å²) in [6.07, 6.45) is 4.55. The molecule has 0 aromatic carbocycles. The molecule has 2 aromatic heterocycles. The van der Waals surface area contributed by atoms with Gasteiger partial charge in [-0.1, -0.05) is 6.08 Å². The summed E-state index contributed by atoms with van der Waals surface area (Å²) in [4.78, 5) is 22.0. The average Bonchev–Trinajstić information content (AvgIpc) is 3.15. The highest BCUT2D eigenvalue weighted by atomic mass is 32.1. The number of imidazole rings is 1. The number of carbonyl (C=O) groups is 1. The van der Waals surface area contributed by atoms with Crippen molar-refractivity contribution in [2.45, 2.75) is 46.3 Å². The van der Waals surface area contributed by atoms with E-state index in [0.29, 0.717) is 13.1 Å². The zero-order valence-electron chi connectivity index (χ0n) is 16.6. The molecule has 0 bridgehead atoms. The van der Waals surface area contributed by atoms with Crippen LogP contribution in [-0.2, 0) is 17.7 Å². The van der Waals surface area contributed by atoms with Crippen molar-refractivity contribution >= 4 is 22.4 Å². The van der Waals surface area contributed by atoms with Crippen LogP contribution < -0.4 is 5.73 Å². The number of hydrogen-bond donors (Lipinski definition) is 1. The standard InChI is InChI=1S/C19H29N5O2S/c1-5-14(20)10-16-13-27-17-21-15(12-24(16)17)11-22-6-8-23(9-7-22)18(25)26-19(2,3)4/h5,12-13H,6-11,20H2,1-4H3/b14-5+. The van der Waals surface area contributed by atoms with E-state index in [9.17, 15) is 4.79 Å². The van der Waals surface area contributed by atoms with Crippen molar-refractivity contribution in [3.8, 4) is 0 Å². The SMILES string of the molecule is C/C=C(/N)Cc1csc2nc(CN3CCN(C(=O)OC(C)(C)C)CC3)cn12. The van der Waals surface area contributed by atoms with Crippen LogP contribution in [0.5, 0.6) is 0 Å². The fraction of sp³-hybridized carbons (Fsp3) is 0.579. The molecule has 1 saturated heterocycles. The number of rotatable bonds is 4. The fourth-order valence-electron chi connectivity index (χ4n) is 3.03. The number of allylic oxidation sites excluding steroid dienone is 2. The first-order chi connectivity index (χ1) is 12.7. The van der Waals surface area contributed by atoms with Crippen LogP contribution in [0.3, 0.4) is 0 Å². The van der Waals surface area contributed by atoms with Crippen LogP contribution >= 0.6 is 11.3 Å². The summed E-state index contributed by atoms with van der Waals surface area (Å²) in [5, 5.41) is 2.11. The van der Waals surface area contributed by atoms with E-state index in [1.807, 2.05) is 33.8 Å². The molecule has 0 saturated carbocycles. The molecule has 2 N–H and O–H groups in total. The van der Waals surface area contributed by atoms with Crippen LogP contribution in [-0.4, -0.2) is 57.1 Å². The molecule has 3 rings (SSSR count). The van der Waals surface area contributed by atoms with Gasteiger partial charge in [0.25, 0.3) is 0 Å². The van der Waals surface area contributed by atoms with Gasteiger partial charge in [-0.2, -0.15) is 0 Å². The van der Waals surface area contributed by atoms with Crippen molar-refractivity contribution in [1.82, 2.24) is 19.2 Å². The molecule has 3 heterocycles. The lowest BCUT2D eigenvalue weighted by Gasteiger charge is -2.35. The smallest absolute Gasteiger partial charge is 0.410 e. The second-order valence-electron chi connectivity index (χ2n) is 7.90. The summed E-state index contributed by atoms with van der Waals surface area (Å²) < 4.78 is 7.59. The van der Waals surface area contributed by atoms with Gasteiger partial charge in [0.2, 0.25) is 0 Å². The van der Waals surface area contributed by atoms with Crippen molar-refractivity contribution in [3.05, 3.63) is 34.7 Å². The lowest BCUT2D eigenvalue weighted by molar-refractivity contribution is 0.0138. The molecule has 1 amide bonds. The Balaban J connectivity index is 1.57. The van der Waals surface area contributed by atoms with Gasteiger partial charge in [-0.25, -0.2) is 9.78 Å². The maximum atomic E-state index is 12.2. The molecule has 0 spiro atoms. The Hall–Kier alpha value is -2.06. The molecule has 0 atom stereocenters. The molecule has 148 valence electrons. The molecule has 8 heteroatoms. The first kappa shape index (κ1) is 19.7. The van der Waals surface area contributed by atoms with Crippen LogP contribution in [0.4, 0.5) is 4.79 Å². The van der Waals surface area contributed by atoms with Crippen molar-refractivity contribution in [3.63, 3.8) is 0 Å². The Morgan fingerprint density at radius 2 is 2.04 bits per heavy atom. The second-order valence-corrected chi connectivity index (χ2v) is 8.73. The number of piperazine rings is 1. The number of hydrogen-bond acceptors (Lipinski definition) is 6. The summed E-state index contributed by atoms with van der Waals surface area (Å²) in [6, 6.07) is 0. The summed E-state index contributed by atoms with van der Waals surface area (Å²) in [7, 11) is 0. The van der Waals surface area contributed by atoms with Crippen LogP contribution in [0.15, 0.2) is 23.3 Å². The predicted octanol–water partition coefficient (Wildman–Crippen LogP) is 2.85. The van der Waals surface area contributed by atoms with Crippen LogP contribution in [0.2, 0.25) is 0 Å².